The van der Waals surface area contributed by atoms with E-state index < -0.39 is 5.41 Å². The monoisotopic (exact) mass is 231 g/mol. The molecule has 0 aliphatic heterocycles. The lowest BCUT2D eigenvalue weighted by Crippen LogP contribution is -2.45. The molecule has 1 saturated carbocycles. The zero-order valence-electron chi connectivity index (χ0n) is 9.98. The maximum atomic E-state index is 11.9. The van der Waals surface area contributed by atoms with Gasteiger partial charge in [-0.05, 0) is 45.4 Å². The van der Waals surface area contributed by atoms with Crippen LogP contribution in [0.1, 0.15) is 46.5 Å². The van der Waals surface area contributed by atoms with Crippen LogP contribution in [-0.4, -0.2) is 17.8 Å². The van der Waals surface area contributed by atoms with Gasteiger partial charge in [0.25, 0.3) is 0 Å². The van der Waals surface area contributed by atoms with Gasteiger partial charge in [0.2, 0.25) is 5.91 Å². The minimum Gasteiger partial charge on any atom is -0.353 e. The van der Waals surface area contributed by atoms with E-state index in [-0.39, 0.29) is 5.91 Å². The summed E-state index contributed by atoms with van der Waals surface area (Å²) in [4.78, 5) is 11.9. The van der Waals surface area contributed by atoms with Crippen LogP contribution >= 0.6 is 11.6 Å². The fraction of sp³-hybridized carbons (Fsp3) is 0.917. The Morgan fingerprint density at radius 2 is 1.87 bits per heavy atom. The van der Waals surface area contributed by atoms with Crippen LogP contribution in [0.15, 0.2) is 0 Å². The summed E-state index contributed by atoms with van der Waals surface area (Å²) < 4.78 is 0. The van der Waals surface area contributed by atoms with Gasteiger partial charge in [-0.2, -0.15) is 0 Å². The van der Waals surface area contributed by atoms with Crippen LogP contribution in [0.3, 0.4) is 0 Å². The number of hydrogen-bond donors (Lipinski definition) is 1. The van der Waals surface area contributed by atoms with Crippen molar-refractivity contribution in [2.75, 3.05) is 5.88 Å². The number of alkyl halides is 1. The fourth-order valence-corrected chi connectivity index (χ4v) is 1.97. The Hall–Kier alpha value is -0.240. The van der Waals surface area contributed by atoms with Crippen molar-refractivity contribution in [1.82, 2.24) is 5.32 Å². The summed E-state index contributed by atoms with van der Waals surface area (Å²) in [5.74, 6) is 1.29. The average Bonchev–Trinajstić information content (AvgIpc) is 2.21. The van der Waals surface area contributed by atoms with Crippen LogP contribution in [0, 0.1) is 11.3 Å². The Morgan fingerprint density at radius 1 is 1.33 bits per heavy atom. The van der Waals surface area contributed by atoms with Crippen molar-refractivity contribution >= 4 is 17.5 Å². The molecule has 1 N–H and O–H groups in total. The first kappa shape index (κ1) is 12.8. The SMILES string of the molecule is CC1CCC(NC(=O)C(C)(C)CCl)CC1. The van der Waals surface area contributed by atoms with Gasteiger partial charge in [0.1, 0.15) is 0 Å². The standard InChI is InChI=1S/C12H22ClNO/c1-9-4-6-10(7-5-9)14-11(15)12(2,3)8-13/h9-10H,4-8H2,1-3H3,(H,14,15). The highest BCUT2D eigenvalue weighted by Gasteiger charge is 2.29. The number of rotatable bonds is 3. The van der Waals surface area contributed by atoms with Crippen molar-refractivity contribution in [2.45, 2.75) is 52.5 Å². The molecule has 1 fully saturated rings. The molecule has 0 aromatic rings. The lowest BCUT2D eigenvalue weighted by molar-refractivity contribution is -0.129. The number of carbonyl (C=O) groups is 1. The van der Waals surface area contributed by atoms with Gasteiger partial charge >= 0.3 is 0 Å². The number of carbonyl (C=O) groups excluding carboxylic acids is 1. The molecule has 0 radical (unpaired) electrons. The quantitative estimate of drug-likeness (QED) is 0.744. The third-order valence-corrected chi connectivity index (χ3v) is 3.97. The molecule has 1 amide bonds. The summed E-state index contributed by atoms with van der Waals surface area (Å²) in [7, 11) is 0. The largest absolute Gasteiger partial charge is 0.353 e. The van der Waals surface area contributed by atoms with E-state index in [2.05, 4.69) is 12.2 Å². The third-order valence-electron chi connectivity index (χ3n) is 3.30. The van der Waals surface area contributed by atoms with Gasteiger partial charge in [-0.25, -0.2) is 0 Å². The van der Waals surface area contributed by atoms with Crippen LogP contribution in [0.25, 0.3) is 0 Å². The molecule has 0 unspecified atom stereocenters. The van der Waals surface area contributed by atoms with E-state index in [1.807, 2.05) is 13.8 Å². The summed E-state index contributed by atoms with van der Waals surface area (Å²) >= 11 is 5.77. The van der Waals surface area contributed by atoms with E-state index in [9.17, 15) is 4.79 Å². The maximum absolute atomic E-state index is 11.9. The molecule has 1 aliphatic rings. The third kappa shape index (κ3) is 3.67. The van der Waals surface area contributed by atoms with E-state index in [1.54, 1.807) is 0 Å². The van der Waals surface area contributed by atoms with Crippen molar-refractivity contribution in [3.8, 4) is 0 Å². The summed E-state index contributed by atoms with van der Waals surface area (Å²) in [6, 6.07) is 0.371. The molecule has 3 heteroatoms. The molecule has 1 rings (SSSR count). The highest BCUT2D eigenvalue weighted by atomic mass is 35.5. The molecule has 0 saturated heterocycles. The first-order valence-electron chi connectivity index (χ1n) is 5.82. The molecular formula is C12H22ClNO. The van der Waals surface area contributed by atoms with Crippen molar-refractivity contribution in [2.24, 2.45) is 11.3 Å². The molecule has 88 valence electrons. The van der Waals surface area contributed by atoms with Gasteiger partial charge in [-0.1, -0.05) is 6.92 Å². The Kier molecular flexibility index (Phi) is 4.45. The number of nitrogens with one attached hydrogen (secondary N) is 1. The van der Waals surface area contributed by atoms with Gasteiger partial charge in [-0.15, -0.1) is 11.6 Å². The van der Waals surface area contributed by atoms with Crippen LogP contribution in [-0.2, 0) is 4.79 Å². The fourth-order valence-electron chi connectivity index (χ4n) is 1.85. The van der Waals surface area contributed by atoms with Gasteiger partial charge < -0.3 is 5.32 Å². The van der Waals surface area contributed by atoms with Gasteiger partial charge in [-0.3, -0.25) is 4.79 Å². The maximum Gasteiger partial charge on any atom is 0.227 e. The molecule has 0 atom stereocenters. The molecule has 0 bridgehead atoms. The van der Waals surface area contributed by atoms with E-state index in [4.69, 9.17) is 11.6 Å². The molecule has 0 aromatic heterocycles. The zero-order valence-corrected chi connectivity index (χ0v) is 10.7. The van der Waals surface area contributed by atoms with Crippen molar-refractivity contribution < 1.29 is 4.79 Å². The number of halogens is 1. The van der Waals surface area contributed by atoms with Crippen LogP contribution in [0.5, 0.6) is 0 Å². The van der Waals surface area contributed by atoms with Gasteiger partial charge in [0.05, 0.1) is 5.41 Å². The van der Waals surface area contributed by atoms with E-state index >= 15 is 0 Å². The van der Waals surface area contributed by atoms with Crippen LogP contribution in [0.4, 0.5) is 0 Å². The average molecular weight is 232 g/mol. The predicted molar refractivity (Wildman–Crippen MR) is 64.1 cm³/mol. The minimum absolute atomic E-state index is 0.0945. The van der Waals surface area contributed by atoms with E-state index in [1.165, 1.54) is 12.8 Å². The molecule has 0 spiro atoms. The molecule has 0 heterocycles. The highest BCUT2D eigenvalue weighted by molar-refractivity contribution is 6.19. The number of amides is 1. The van der Waals surface area contributed by atoms with Crippen molar-refractivity contribution in [3.05, 3.63) is 0 Å². The van der Waals surface area contributed by atoms with Crippen molar-refractivity contribution in [3.63, 3.8) is 0 Å². The molecular weight excluding hydrogens is 210 g/mol. The molecule has 1 aliphatic carbocycles. The van der Waals surface area contributed by atoms with Gasteiger partial charge in [0.15, 0.2) is 0 Å². The Balaban J connectivity index is 2.39. The second-order valence-electron chi connectivity index (χ2n) is 5.45. The molecule has 15 heavy (non-hydrogen) atoms. The Bertz CT molecular complexity index is 220. The highest BCUT2D eigenvalue weighted by Crippen LogP contribution is 2.25. The summed E-state index contributed by atoms with van der Waals surface area (Å²) in [6.45, 7) is 6.06. The topological polar surface area (TPSA) is 29.1 Å². The lowest BCUT2D eigenvalue weighted by Gasteiger charge is -2.30. The summed E-state index contributed by atoms with van der Waals surface area (Å²) in [5.41, 5.74) is -0.440. The first-order chi connectivity index (χ1) is 6.95. The molecule has 2 nitrogen and oxygen atoms in total. The molecule has 0 aromatic carbocycles. The van der Waals surface area contributed by atoms with E-state index in [0.29, 0.717) is 11.9 Å². The smallest absolute Gasteiger partial charge is 0.227 e. The zero-order chi connectivity index (χ0) is 11.5. The number of hydrogen-bond acceptors (Lipinski definition) is 1. The first-order valence-corrected chi connectivity index (χ1v) is 6.36. The Labute approximate surface area is 97.8 Å². The second-order valence-corrected chi connectivity index (χ2v) is 5.72. The van der Waals surface area contributed by atoms with Crippen molar-refractivity contribution in [1.29, 1.82) is 0 Å². The van der Waals surface area contributed by atoms with Crippen LogP contribution in [0.2, 0.25) is 0 Å². The van der Waals surface area contributed by atoms with E-state index in [0.717, 1.165) is 18.8 Å². The summed E-state index contributed by atoms with van der Waals surface area (Å²) in [6.07, 6.45) is 4.69. The predicted octanol–water partition coefficient (Wildman–Crippen LogP) is 2.95. The Morgan fingerprint density at radius 3 is 2.33 bits per heavy atom. The summed E-state index contributed by atoms with van der Waals surface area (Å²) in [5, 5.41) is 3.11. The second kappa shape index (κ2) is 5.20. The lowest BCUT2D eigenvalue weighted by atomic mass is 9.86. The van der Waals surface area contributed by atoms with Crippen LogP contribution < -0.4 is 5.32 Å². The minimum atomic E-state index is -0.440. The normalized spacial score (nSPS) is 27.5. The van der Waals surface area contributed by atoms with Gasteiger partial charge in [0, 0.05) is 11.9 Å².